The molecule has 2 aliphatic heterocycles. The number of piperazine rings is 1. The summed E-state index contributed by atoms with van der Waals surface area (Å²) in [6.45, 7) is 6.54. The number of nitrogens with one attached hydrogen (secondary N) is 2. The van der Waals surface area contributed by atoms with E-state index in [9.17, 15) is 4.79 Å². The summed E-state index contributed by atoms with van der Waals surface area (Å²) in [4.78, 5) is 24.9. The normalized spacial score (nSPS) is 21.9. The van der Waals surface area contributed by atoms with Crippen molar-refractivity contribution < 1.29 is 4.79 Å². The van der Waals surface area contributed by atoms with Crippen molar-refractivity contribution in [1.29, 1.82) is 0 Å². The number of amides is 1. The van der Waals surface area contributed by atoms with Crippen molar-refractivity contribution in [1.82, 2.24) is 25.1 Å². The molecule has 1 aromatic heterocycles. The Kier molecular flexibility index (Phi) is 4.99. The molecular formula is C19H27N5O. The molecule has 134 valence electrons. The first kappa shape index (κ1) is 16.5. The number of rotatable bonds is 5. The number of aromatic amines is 1. The molecule has 1 atom stereocenters. The monoisotopic (exact) mass is 341 g/mol. The summed E-state index contributed by atoms with van der Waals surface area (Å²) in [5.74, 6) is 2.03. The van der Waals surface area contributed by atoms with Crippen LogP contribution in [0.3, 0.4) is 0 Å². The molecule has 1 amide bonds. The third-order valence-electron chi connectivity index (χ3n) is 5.47. The molecule has 2 saturated heterocycles. The molecule has 2 N–H and O–H groups in total. The first-order chi connectivity index (χ1) is 12.3. The predicted octanol–water partition coefficient (Wildman–Crippen LogP) is 1.60. The fraction of sp³-hybridized carbons (Fsp3) is 0.579. The zero-order valence-corrected chi connectivity index (χ0v) is 14.7. The average molecular weight is 341 g/mol. The minimum atomic E-state index is 0.329. The highest BCUT2D eigenvalue weighted by Gasteiger charge is 2.23. The number of hydrogen-bond acceptors (Lipinski definition) is 4. The average Bonchev–Trinajstić information content (AvgIpc) is 3.29. The molecular weight excluding hydrogens is 314 g/mol. The summed E-state index contributed by atoms with van der Waals surface area (Å²) in [7, 11) is 0. The van der Waals surface area contributed by atoms with Crippen molar-refractivity contribution in [3.63, 3.8) is 0 Å². The maximum absolute atomic E-state index is 12.4. The van der Waals surface area contributed by atoms with Gasteiger partial charge in [-0.15, -0.1) is 0 Å². The van der Waals surface area contributed by atoms with Crippen LogP contribution in [-0.2, 0) is 11.3 Å². The van der Waals surface area contributed by atoms with Crippen LogP contribution in [0, 0.1) is 5.92 Å². The third-order valence-corrected chi connectivity index (χ3v) is 5.47. The highest BCUT2D eigenvalue weighted by molar-refractivity contribution is 5.76. The summed E-state index contributed by atoms with van der Waals surface area (Å²) < 4.78 is 0. The van der Waals surface area contributed by atoms with E-state index in [-0.39, 0.29) is 0 Å². The van der Waals surface area contributed by atoms with Gasteiger partial charge in [-0.25, -0.2) is 4.98 Å². The summed E-state index contributed by atoms with van der Waals surface area (Å²) in [5, 5.41) is 3.37. The van der Waals surface area contributed by atoms with Crippen molar-refractivity contribution in [3.05, 3.63) is 30.1 Å². The van der Waals surface area contributed by atoms with Crippen LogP contribution in [0.15, 0.2) is 24.3 Å². The Balaban J connectivity index is 1.24. The van der Waals surface area contributed by atoms with E-state index in [1.165, 1.54) is 6.42 Å². The summed E-state index contributed by atoms with van der Waals surface area (Å²) in [6.07, 6.45) is 2.96. The van der Waals surface area contributed by atoms with E-state index in [0.29, 0.717) is 18.2 Å². The lowest BCUT2D eigenvalue weighted by atomic mass is 10.0. The van der Waals surface area contributed by atoms with E-state index in [2.05, 4.69) is 26.3 Å². The van der Waals surface area contributed by atoms with Crippen molar-refractivity contribution in [2.75, 3.05) is 39.3 Å². The maximum atomic E-state index is 12.4. The van der Waals surface area contributed by atoms with Crippen LogP contribution in [-0.4, -0.2) is 64.9 Å². The van der Waals surface area contributed by atoms with Gasteiger partial charge < -0.3 is 15.2 Å². The number of nitrogens with zero attached hydrogens (tertiary/aromatic N) is 3. The van der Waals surface area contributed by atoms with E-state index in [0.717, 1.165) is 69.1 Å². The van der Waals surface area contributed by atoms with Gasteiger partial charge >= 0.3 is 0 Å². The van der Waals surface area contributed by atoms with Crippen LogP contribution in [0.5, 0.6) is 0 Å². The minimum Gasteiger partial charge on any atom is -0.341 e. The first-order valence-corrected chi connectivity index (χ1v) is 9.42. The molecule has 0 saturated carbocycles. The standard InChI is InChI=1S/C19H27N5O/c25-19(6-5-15-7-8-20-13-15)24-11-9-23(10-12-24)14-18-21-16-3-1-2-4-17(16)22-18/h1-4,15,20H,5-14H2,(H,21,22). The number of benzene rings is 1. The third kappa shape index (κ3) is 4.02. The molecule has 2 aromatic rings. The Morgan fingerprint density at radius 1 is 1.20 bits per heavy atom. The van der Waals surface area contributed by atoms with Crippen molar-refractivity contribution >= 4 is 16.9 Å². The quantitative estimate of drug-likeness (QED) is 0.867. The lowest BCUT2D eigenvalue weighted by molar-refractivity contribution is -0.133. The number of fused-ring (bicyclic) bond motifs is 1. The van der Waals surface area contributed by atoms with Gasteiger partial charge in [-0.05, 0) is 44.0 Å². The fourth-order valence-corrected chi connectivity index (χ4v) is 3.89. The Labute approximate surface area is 148 Å². The zero-order valence-electron chi connectivity index (χ0n) is 14.7. The smallest absolute Gasteiger partial charge is 0.222 e. The summed E-state index contributed by atoms with van der Waals surface area (Å²) >= 11 is 0. The van der Waals surface area contributed by atoms with E-state index >= 15 is 0 Å². The number of para-hydroxylation sites is 2. The molecule has 0 radical (unpaired) electrons. The van der Waals surface area contributed by atoms with Crippen LogP contribution in [0.1, 0.15) is 25.1 Å². The zero-order chi connectivity index (χ0) is 17.1. The van der Waals surface area contributed by atoms with Crippen LogP contribution in [0.25, 0.3) is 11.0 Å². The molecule has 25 heavy (non-hydrogen) atoms. The molecule has 6 heteroatoms. The molecule has 1 unspecified atom stereocenters. The first-order valence-electron chi connectivity index (χ1n) is 9.42. The largest absolute Gasteiger partial charge is 0.341 e. The van der Waals surface area contributed by atoms with Crippen molar-refractivity contribution in [2.45, 2.75) is 25.8 Å². The summed E-state index contributed by atoms with van der Waals surface area (Å²) in [6, 6.07) is 8.13. The maximum Gasteiger partial charge on any atom is 0.222 e. The number of imidazole rings is 1. The van der Waals surface area contributed by atoms with Gasteiger partial charge in [0.2, 0.25) is 5.91 Å². The number of carbonyl (C=O) groups excluding carboxylic acids is 1. The second-order valence-corrected chi connectivity index (χ2v) is 7.26. The fourth-order valence-electron chi connectivity index (χ4n) is 3.89. The van der Waals surface area contributed by atoms with Crippen LogP contribution in [0.4, 0.5) is 0 Å². The van der Waals surface area contributed by atoms with Crippen LogP contribution >= 0.6 is 0 Å². The summed E-state index contributed by atoms with van der Waals surface area (Å²) in [5.41, 5.74) is 2.11. The van der Waals surface area contributed by atoms with Crippen molar-refractivity contribution in [2.24, 2.45) is 5.92 Å². The molecule has 2 fully saturated rings. The van der Waals surface area contributed by atoms with Gasteiger partial charge in [-0.3, -0.25) is 9.69 Å². The Hall–Kier alpha value is -1.92. The Bertz CT molecular complexity index is 680. The molecule has 6 nitrogen and oxygen atoms in total. The SMILES string of the molecule is O=C(CCC1CCNC1)N1CCN(Cc2nc3ccccc3[nH]2)CC1. The number of hydrogen-bond donors (Lipinski definition) is 2. The van der Waals surface area contributed by atoms with E-state index in [1.807, 2.05) is 23.1 Å². The molecule has 4 rings (SSSR count). The van der Waals surface area contributed by atoms with Crippen LogP contribution < -0.4 is 5.32 Å². The highest BCUT2D eigenvalue weighted by Crippen LogP contribution is 2.17. The van der Waals surface area contributed by atoms with Crippen molar-refractivity contribution in [3.8, 4) is 0 Å². The highest BCUT2D eigenvalue weighted by atomic mass is 16.2. The van der Waals surface area contributed by atoms with Gasteiger partial charge in [-0.2, -0.15) is 0 Å². The predicted molar refractivity (Wildman–Crippen MR) is 98.2 cm³/mol. The van der Waals surface area contributed by atoms with Gasteiger partial charge in [0.15, 0.2) is 0 Å². The lowest BCUT2D eigenvalue weighted by Gasteiger charge is -2.34. The Morgan fingerprint density at radius 3 is 2.80 bits per heavy atom. The van der Waals surface area contributed by atoms with E-state index in [1.54, 1.807) is 0 Å². The molecule has 0 bridgehead atoms. The van der Waals surface area contributed by atoms with Gasteiger partial charge in [0.1, 0.15) is 5.82 Å². The van der Waals surface area contributed by atoms with Gasteiger partial charge in [-0.1, -0.05) is 12.1 Å². The lowest BCUT2D eigenvalue weighted by Crippen LogP contribution is -2.48. The number of aromatic nitrogens is 2. The van der Waals surface area contributed by atoms with E-state index in [4.69, 9.17) is 0 Å². The number of H-pyrrole nitrogens is 1. The van der Waals surface area contributed by atoms with Crippen LogP contribution in [0.2, 0.25) is 0 Å². The molecule has 2 aliphatic rings. The Morgan fingerprint density at radius 2 is 2.04 bits per heavy atom. The van der Waals surface area contributed by atoms with Gasteiger partial charge in [0, 0.05) is 32.6 Å². The molecule has 0 spiro atoms. The topological polar surface area (TPSA) is 64.3 Å². The van der Waals surface area contributed by atoms with Gasteiger partial charge in [0.05, 0.1) is 17.6 Å². The molecule has 3 heterocycles. The molecule has 1 aromatic carbocycles. The van der Waals surface area contributed by atoms with E-state index < -0.39 is 0 Å². The minimum absolute atomic E-state index is 0.329. The number of carbonyl (C=O) groups is 1. The second kappa shape index (κ2) is 7.54. The van der Waals surface area contributed by atoms with Gasteiger partial charge in [0.25, 0.3) is 0 Å². The molecule has 0 aliphatic carbocycles. The second-order valence-electron chi connectivity index (χ2n) is 7.26.